The molecular weight excluding hydrogens is 370 g/mol. The lowest BCUT2D eigenvalue weighted by Gasteiger charge is -1.99. The molecule has 3 aromatic rings. The van der Waals surface area contributed by atoms with E-state index < -0.39 is 0 Å². The number of anilines is 1. The average Bonchev–Trinajstić information content (AvgIpc) is 3.21. The molecule has 0 saturated heterocycles. The third-order valence-corrected chi connectivity index (χ3v) is 5.86. The summed E-state index contributed by atoms with van der Waals surface area (Å²) in [7, 11) is 0. The number of aromatic nitrogens is 3. The van der Waals surface area contributed by atoms with E-state index in [9.17, 15) is 0 Å². The van der Waals surface area contributed by atoms with E-state index in [0.717, 1.165) is 22.4 Å². The van der Waals surface area contributed by atoms with Crippen molar-refractivity contribution in [1.82, 2.24) is 15.2 Å². The van der Waals surface area contributed by atoms with E-state index in [1.165, 1.54) is 28.0 Å². The third kappa shape index (κ3) is 4.42. The average molecular weight is 380 g/mol. The van der Waals surface area contributed by atoms with Crippen LogP contribution >= 0.6 is 46.0 Å². The fraction of sp³-hybridized carbons (Fsp3) is 0.143. The van der Waals surface area contributed by atoms with Crippen LogP contribution < -0.4 is 5.32 Å². The lowest BCUT2D eigenvalue weighted by atomic mass is 10.3. The van der Waals surface area contributed by atoms with Crippen molar-refractivity contribution in [2.45, 2.75) is 15.8 Å². The van der Waals surface area contributed by atoms with Gasteiger partial charge in [-0.25, -0.2) is 4.98 Å². The van der Waals surface area contributed by atoms with Gasteiger partial charge in [-0.05, 0) is 41.8 Å². The Morgan fingerprint density at radius 3 is 3.00 bits per heavy atom. The van der Waals surface area contributed by atoms with Gasteiger partial charge in [0.15, 0.2) is 10.0 Å². The number of nitriles is 1. The van der Waals surface area contributed by atoms with Crippen LogP contribution in [0.1, 0.15) is 10.6 Å². The fourth-order valence-electron chi connectivity index (χ4n) is 1.72. The Hall–Kier alpha value is -1.66. The minimum Gasteiger partial charge on any atom is -0.360 e. The molecule has 23 heavy (non-hydrogen) atoms. The van der Waals surface area contributed by atoms with Crippen molar-refractivity contribution in [1.29, 1.82) is 5.26 Å². The zero-order valence-electron chi connectivity index (χ0n) is 11.7. The van der Waals surface area contributed by atoms with Gasteiger partial charge in [0.1, 0.15) is 11.1 Å². The molecular formula is C14H10ClN5S3. The molecule has 0 radical (unpaired) electrons. The number of rotatable bonds is 6. The molecule has 5 nitrogen and oxygen atoms in total. The Labute approximate surface area is 150 Å². The predicted molar refractivity (Wildman–Crippen MR) is 94.5 cm³/mol. The second-order valence-electron chi connectivity index (χ2n) is 4.32. The van der Waals surface area contributed by atoms with E-state index in [-0.39, 0.29) is 5.69 Å². The van der Waals surface area contributed by atoms with Crippen LogP contribution in [0.15, 0.2) is 39.0 Å². The molecule has 0 atom stereocenters. The summed E-state index contributed by atoms with van der Waals surface area (Å²) in [5.41, 5.74) is 0.218. The number of pyridine rings is 1. The lowest BCUT2D eigenvalue weighted by Crippen LogP contribution is -2.03. The molecule has 3 heterocycles. The van der Waals surface area contributed by atoms with Crippen LogP contribution in [-0.2, 0) is 6.42 Å². The van der Waals surface area contributed by atoms with Gasteiger partial charge < -0.3 is 5.32 Å². The van der Waals surface area contributed by atoms with Gasteiger partial charge in [0.25, 0.3) is 0 Å². The van der Waals surface area contributed by atoms with E-state index in [0.29, 0.717) is 10.0 Å². The minimum absolute atomic E-state index is 0.218. The van der Waals surface area contributed by atoms with E-state index in [1.807, 2.05) is 12.1 Å². The van der Waals surface area contributed by atoms with Gasteiger partial charge in [0.05, 0.1) is 5.02 Å². The molecule has 1 N–H and O–H groups in total. The van der Waals surface area contributed by atoms with Gasteiger partial charge in [-0.1, -0.05) is 29.0 Å². The molecule has 0 spiro atoms. The number of hydrogen-bond acceptors (Lipinski definition) is 8. The highest BCUT2D eigenvalue weighted by Crippen LogP contribution is 2.31. The van der Waals surface area contributed by atoms with E-state index >= 15 is 0 Å². The highest BCUT2D eigenvalue weighted by atomic mass is 35.5. The number of hydrogen-bond donors (Lipinski definition) is 1. The first kappa shape index (κ1) is 16.2. The van der Waals surface area contributed by atoms with Crippen LogP contribution in [0.5, 0.6) is 0 Å². The SMILES string of the molecule is N#Cc1nc(Sc2nnc(NCCc3cccs3)s2)ccc1Cl. The minimum atomic E-state index is 0.218. The zero-order valence-corrected chi connectivity index (χ0v) is 14.9. The van der Waals surface area contributed by atoms with Crippen LogP contribution in [0.3, 0.4) is 0 Å². The largest absolute Gasteiger partial charge is 0.360 e. The van der Waals surface area contributed by atoms with Gasteiger partial charge >= 0.3 is 0 Å². The standard InChI is InChI=1S/C14H10ClN5S3/c15-10-3-4-12(18-11(10)8-16)22-14-20-19-13(23-14)17-6-5-9-2-1-7-21-9/h1-4,7H,5-6H2,(H,17,19). The Bertz CT molecular complexity index is 825. The second kappa shape index (κ2) is 7.75. The maximum Gasteiger partial charge on any atom is 0.206 e. The Balaban J connectivity index is 1.58. The van der Waals surface area contributed by atoms with Crippen molar-refractivity contribution < 1.29 is 0 Å². The molecule has 0 aromatic carbocycles. The summed E-state index contributed by atoms with van der Waals surface area (Å²) >= 11 is 10.4. The van der Waals surface area contributed by atoms with Crippen molar-refractivity contribution in [3.63, 3.8) is 0 Å². The molecule has 0 aliphatic rings. The van der Waals surface area contributed by atoms with E-state index in [4.69, 9.17) is 16.9 Å². The van der Waals surface area contributed by atoms with Crippen LogP contribution in [-0.4, -0.2) is 21.7 Å². The van der Waals surface area contributed by atoms with Crippen molar-refractivity contribution in [2.24, 2.45) is 0 Å². The van der Waals surface area contributed by atoms with Gasteiger partial charge in [-0.15, -0.1) is 21.5 Å². The van der Waals surface area contributed by atoms with Crippen molar-refractivity contribution in [3.8, 4) is 6.07 Å². The fourth-order valence-corrected chi connectivity index (χ4v) is 4.27. The van der Waals surface area contributed by atoms with Crippen LogP contribution in [0.25, 0.3) is 0 Å². The number of nitrogens with one attached hydrogen (secondary N) is 1. The summed E-state index contributed by atoms with van der Waals surface area (Å²) in [6.07, 6.45) is 0.962. The van der Waals surface area contributed by atoms with Gasteiger partial charge in [0.2, 0.25) is 5.13 Å². The number of nitrogens with zero attached hydrogens (tertiary/aromatic N) is 4. The molecule has 0 saturated carbocycles. The number of halogens is 1. The van der Waals surface area contributed by atoms with E-state index in [2.05, 4.69) is 31.9 Å². The van der Waals surface area contributed by atoms with Crippen LogP contribution in [0.2, 0.25) is 5.02 Å². The highest BCUT2D eigenvalue weighted by Gasteiger charge is 2.09. The second-order valence-corrected chi connectivity index (χ2v) is 8.01. The summed E-state index contributed by atoms with van der Waals surface area (Å²) in [5, 5.41) is 24.3. The summed E-state index contributed by atoms with van der Waals surface area (Å²) in [4.78, 5) is 5.52. The first-order chi connectivity index (χ1) is 11.2. The third-order valence-electron chi connectivity index (χ3n) is 2.75. The molecule has 0 fully saturated rings. The molecule has 0 unspecified atom stereocenters. The zero-order chi connectivity index (χ0) is 16.1. The normalized spacial score (nSPS) is 10.4. The number of thiophene rings is 1. The quantitative estimate of drug-likeness (QED) is 0.687. The van der Waals surface area contributed by atoms with Gasteiger partial charge in [-0.2, -0.15) is 5.26 Å². The van der Waals surface area contributed by atoms with Gasteiger partial charge in [0, 0.05) is 11.4 Å². The summed E-state index contributed by atoms with van der Waals surface area (Å²) in [6.45, 7) is 0.817. The molecule has 3 rings (SSSR count). The molecule has 0 amide bonds. The smallest absolute Gasteiger partial charge is 0.206 e. The molecule has 0 aliphatic carbocycles. The van der Waals surface area contributed by atoms with Crippen LogP contribution in [0.4, 0.5) is 5.13 Å². The maximum absolute atomic E-state index is 8.95. The van der Waals surface area contributed by atoms with Crippen LogP contribution in [0, 0.1) is 11.3 Å². The van der Waals surface area contributed by atoms with Crippen molar-refractivity contribution >= 4 is 51.2 Å². The van der Waals surface area contributed by atoms with E-state index in [1.54, 1.807) is 23.5 Å². The maximum atomic E-state index is 8.95. The predicted octanol–water partition coefficient (Wildman–Crippen LogP) is 4.33. The molecule has 116 valence electrons. The molecule has 3 aromatic heterocycles. The first-order valence-electron chi connectivity index (χ1n) is 6.59. The lowest BCUT2D eigenvalue weighted by molar-refractivity contribution is 0.977. The van der Waals surface area contributed by atoms with Gasteiger partial charge in [-0.3, -0.25) is 0 Å². The Morgan fingerprint density at radius 2 is 2.22 bits per heavy atom. The summed E-state index contributed by atoms with van der Waals surface area (Å²) < 4.78 is 0.766. The first-order valence-corrected chi connectivity index (χ1v) is 9.48. The molecule has 0 bridgehead atoms. The topological polar surface area (TPSA) is 74.5 Å². The van der Waals surface area contributed by atoms with Crippen molar-refractivity contribution in [3.05, 3.63) is 45.2 Å². The Morgan fingerprint density at radius 1 is 1.30 bits per heavy atom. The molecule has 0 aliphatic heterocycles. The summed E-state index contributed by atoms with van der Waals surface area (Å²) in [5.74, 6) is 0. The Kier molecular flexibility index (Phi) is 5.46. The summed E-state index contributed by atoms with van der Waals surface area (Å²) in [6, 6.07) is 9.56. The molecule has 9 heteroatoms. The highest BCUT2D eigenvalue weighted by molar-refractivity contribution is 8.01. The van der Waals surface area contributed by atoms with Crippen molar-refractivity contribution in [2.75, 3.05) is 11.9 Å². The monoisotopic (exact) mass is 379 g/mol.